The smallest absolute Gasteiger partial charge is 0.242 e. The Kier molecular flexibility index (Phi) is 3.95. The van der Waals surface area contributed by atoms with Crippen molar-refractivity contribution in [3.05, 3.63) is 39.7 Å². The molecular formula is C13H13ClN4OS. The Labute approximate surface area is 125 Å². The number of nitrogens with zero attached hydrogens (tertiary/aromatic N) is 4. The van der Waals surface area contributed by atoms with Crippen LogP contribution in [0, 0.1) is 0 Å². The average Bonchev–Trinajstić information content (AvgIpc) is 2.93. The molecule has 5 nitrogen and oxygen atoms in total. The van der Waals surface area contributed by atoms with Gasteiger partial charge in [0.2, 0.25) is 5.91 Å². The molecule has 0 spiro atoms. The van der Waals surface area contributed by atoms with Gasteiger partial charge in [-0.15, -0.1) is 21.5 Å². The lowest BCUT2D eigenvalue weighted by atomic mass is 10.3. The number of piperazine rings is 1. The Bertz CT molecular complexity index is 587. The molecule has 0 aliphatic carbocycles. The zero-order valence-corrected chi connectivity index (χ0v) is 12.3. The van der Waals surface area contributed by atoms with Gasteiger partial charge >= 0.3 is 0 Å². The fraction of sp³-hybridized carbons (Fsp3) is 0.308. The molecule has 3 heterocycles. The van der Waals surface area contributed by atoms with E-state index in [0.29, 0.717) is 24.1 Å². The second-order valence-corrected chi connectivity index (χ2v) is 5.97. The second-order valence-electron chi connectivity index (χ2n) is 4.55. The number of carbonyl (C=O) groups excluding carboxylic acids is 1. The highest BCUT2D eigenvalue weighted by molar-refractivity contribution is 7.09. The molecule has 3 rings (SSSR count). The second kappa shape index (κ2) is 5.87. The third-order valence-electron chi connectivity index (χ3n) is 3.15. The molecule has 0 aromatic carbocycles. The first-order valence-electron chi connectivity index (χ1n) is 6.27. The van der Waals surface area contributed by atoms with E-state index in [2.05, 4.69) is 26.5 Å². The Morgan fingerprint density at radius 3 is 2.80 bits per heavy atom. The molecule has 1 aliphatic rings. The van der Waals surface area contributed by atoms with Crippen LogP contribution < -0.4 is 4.90 Å². The Morgan fingerprint density at radius 1 is 1.25 bits per heavy atom. The van der Waals surface area contributed by atoms with Crippen LogP contribution in [0.2, 0.25) is 5.15 Å². The van der Waals surface area contributed by atoms with Crippen LogP contribution in [0.1, 0.15) is 4.88 Å². The maximum atomic E-state index is 12.2. The summed E-state index contributed by atoms with van der Waals surface area (Å²) < 4.78 is 0. The van der Waals surface area contributed by atoms with E-state index in [1.54, 1.807) is 28.4 Å². The van der Waals surface area contributed by atoms with Gasteiger partial charge in [-0.25, -0.2) is 0 Å². The van der Waals surface area contributed by atoms with Crippen molar-refractivity contribution < 1.29 is 4.79 Å². The summed E-state index contributed by atoms with van der Waals surface area (Å²) in [7, 11) is 0. The molecule has 0 atom stereocenters. The number of halogens is 1. The standard InChI is InChI=1S/C13H13ClN4OS/c14-11-3-4-12(16-15-11)18-6-5-17(9-13(18)19)8-10-2-1-7-20-10/h1-4,7H,5-6,8-9H2. The lowest BCUT2D eigenvalue weighted by Gasteiger charge is -2.33. The molecule has 0 saturated carbocycles. The van der Waals surface area contributed by atoms with E-state index in [1.807, 2.05) is 6.07 Å². The lowest BCUT2D eigenvalue weighted by Crippen LogP contribution is -2.50. The molecule has 20 heavy (non-hydrogen) atoms. The SMILES string of the molecule is O=C1CN(Cc2cccs2)CCN1c1ccc(Cl)nn1. The van der Waals surface area contributed by atoms with Gasteiger partial charge in [-0.3, -0.25) is 14.6 Å². The summed E-state index contributed by atoms with van der Waals surface area (Å²) in [4.78, 5) is 17.3. The van der Waals surface area contributed by atoms with Crippen LogP contribution in [-0.2, 0) is 11.3 Å². The van der Waals surface area contributed by atoms with Gasteiger partial charge in [0.15, 0.2) is 11.0 Å². The molecule has 2 aromatic rings. The van der Waals surface area contributed by atoms with Crippen LogP contribution in [-0.4, -0.2) is 40.6 Å². The summed E-state index contributed by atoms with van der Waals surface area (Å²) in [6.45, 7) is 2.68. The quantitative estimate of drug-likeness (QED) is 0.870. The van der Waals surface area contributed by atoms with Crippen molar-refractivity contribution in [3.63, 3.8) is 0 Å². The van der Waals surface area contributed by atoms with Gasteiger partial charge in [0, 0.05) is 24.5 Å². The highest BCUT2D eigenvalue weighted by Crippen LogP contribution is 2.18. The molecule has 7 heteroatoms. The summed E-state index contributed by atoms with van der Waals surface area (Å²) in [5, 5.41) is 10.1. The van der Waals surface area contributed by atoms with E-state index in [0.717, 1.165) is 13.1 Å². The van der Waals surface area contributed by atoms with Crippen LogP contribution in [0.25, 0.3) is 0 Å². The molecule has 1 fully saturated rings. The van der Waals surface area contributed by atoms with Gasteiger partial charge in [0.1, 0.15) is 0 Å². The van der Waals surface area contributed by atoms with E-state index in [-0.39, 0.29) is 5.91 Å². The number of amides is 1. The van der Waals surface area contributed by atoms with Gasteiger partial charge in [0.05, 0.1) is 6.54 Å². The summed E-state index contributed by atoms with van der Waals surface area (Å²) in [6.07, 6.45) is 0. The van der Waals surface area contributed by atoms with Crippen LogP contribution in [0.15, 0.2) is 29.6 Å². The van der Waals surface area contributed by atoms with Gasteiger partial charge in [-0.05, 0) is 23.6 Å². The minimum absolute atomic E-state index is 0.0458. The molecule has 0 bridgehead atoms. The Balaban J connectivity index is 1.65. The minimum Gasteiger partial charge on any atom is -0.293 e. The largest absolute Gasteiger partial charge is 0.293 e. The lowest BCUT2D eigenvalue weighted by molar-refractivity contribution is -0.121. The van der Waals surface area contributed by atoms with Crippen molar-refractivity contribution in [2.75, 3.05) is 24.5 Å². The van der Waals surface area contributed by atoms with E-state index < -0.39 is 0 Å². The zero-order chi connectivity index (χ0) is 13.9. The maximum Gasteiger partial charge on any atom is 0.242 e. The number of thiophene rings is 1. The maximum absolute atomic E-state index is 12.2. The normalized spacial score (nSPS) is 16.6. The molecule has 1 aliphatic heterocycles. The fourth-order valence-electron chi connectivity index (χ4n) is 2.17. The molecule has 0 N–H and O–H groups in total. The summed E-state index contributed by atoms with van der Waals surface area (Å²) in [6, 6.07) is 7.49. The molecule has 104 valence electrons. The highest BCUT2D eigenvalue weighted by Gasteiger charge is 2.26. The first kappa shape index (κ1) is 13.5. The summed E-state index contributed by atoms with van der Waals surface area (Å²) in [5.41, 5.74) is 0. The van der Waals surface area contributed by atoms with E-state index in [1.165, 1.54) is 4.88 Å². The Hall–Kier alpha value is -1.50. The molecule has 1 amide bonds. The monoisotopic (exact) mass is 308 g/mol. The van der Waals surface area contributed by atoms with Crippen LogP contribution in [0.5, 0.6) is 0 Å². The number of hydrogen-bond donors (Lipinski definition) is 0. The van der Waals surface area contributed by atoms with E-state index in [4.69, 9.17) is 11.6 Å². The van der Waals surface area contributed by atoms with Crippen LogP contribution in [0.3, 0.4) is 0 Å². The van der Waals surface area contributed by atoms with Crippen molar-refractivity contribution in [2.45, 2.75) is 6.54 Å². The van der Waals surface area contributed by atoms with Crippen LogP contribution in [0.4, 0.5) is 5.82 Å². The van der Waals surface area contributed by atoms with Crippen molar-refractivity contribution in [3.8, 4) is 0 Å². The molecule has 0 unspecified atom stereocenters. The first-order chi connectivity index (χ1) is 9.72. The fourth-order valence-corrected chi connectivity index (χ4v) is 3.02. The molecule has 1 saturated heterocycles. The third-order valence-corrected chi connectivity index (χ3v) is 4.22. The third kappa shape index (κ3) is 2.98. The van der Waals surface area contributed by atoms with Crippen molar-refractivity contribution >= 4 is 34.7 Å². The highest BCUT2D eigenvalue weighted by atomic mass is 35.5. The van der Waals surface area contributed by atoms with E-state index >= 15 is 0 Å². The molecular weight excluding hydrogens is 296 g/mol. The number of anilines is 1. The first-order valence-corrected chi connectivity index (χ1v) is 7.52. The Morgan fingerprint density at radius 2 is 2.15 bits per heavy atom. The number of aromatic nitrogens is 2. The molecule has 0 radical (unpaired) electrons. The van der Waals surface area contributed by atoms with Crippen LogP contribution >= 0.6 is 22.9 Å². The van der Waals surface area contributed by atoms with Gasteiger partial charge in [-0.1, -0.05) is 17.7 Å². The van der Waals surface area contributed by atoms with Gasteiger partial charge < -0.3 is 0 Å². The minimum atomic E-state index is 0.0458. The predicted molar refractivity (Wildman–Crippen MR) is 79.0 cm³/mol. The van der Waals surface area contributed by atoms with Crippen molar-refractivity contribution in [2.24, 2.45) is 0 Å². The number of carbonyl (C=O) groups is 1. The van der Waals surface area contributed by atoms with Crippen molar-refractivity contribution in [1.29, 1.82) is 0 Å². The zero-order valence-electron chi connectivity index (χ0n) is 10.7. The average molecular weight is 309 g/mol. The molecule has 2 aromatic heterocycles. The summed E-state index contributed by atoms with van der Waals surface area (Å²) in [5.74, 6) is 0.611. The van der Waals surface area contributed by atoms with Gasteiger partial charge in [-0.2, -0.15) is 0 Å². The van der Waals surface area contributed by atoms with E-state index in [9.17, 15) is 4.79 Å². The predicted octanol–water partition coefficient (Wildman–Crippen LogP) is 2.04. The summed E-state index contributed by atoms with van der Waals surface area (Å²) >= 11 is 7.42. The number of rotatable bonds is 3. The van der Waals surface area contributed by atoms with Gasteiger partial charge in [0.25, 0.3) is 0 Å². The van der Waals surface area contributed by atoms with Crippen molar-refractivity contribution in [1.82, 2.24) is 15.1 Å². The number of hydrogen-bond acceptors (Lipinski definition) is 5. The topological polar surface area (TPSA) is 49.3 Å².